The minimum absolute atomic E-state index is 0.133. The number of nitrogens with zero attached hydrogens (tertiary/aromatic N) is 2. The van der Waals surface area contributed by atoms with Gasteiger partial charge in [-0.3, -0.25) is 4.79 Å². The molecular formula is C23H21F2N3O3. The zero-order chi connectivity index (χ0) is 21.8. The molecule has 4 rings (SSSR count). The molecule has 0 spiro atoms. The van der Waals surface area contributed by atoms with E-state index in [0.717, 1.165) is 28.0 Å². The van der Waals surface area contributed by atoms with Gasteiger partial charge in [0.25, 0.3) is 0 Å². The molecule has 0 saturated carbocycles. The third-order valence-electron chi connectivity index (χ3n) is 4.99. The highest BCUT2D eigenvalue weighted by atomic mass is 19.3. The highest BCUT2D eigenvalue weighted by molar-refractivity contribution is 5.82. The second-order valence-corrected chi connectivity index (χ2v) is 6.99. The molecule has 0 saturated heterocycles. The molecule has 31 heavy (non-hydrogen) atoms. The summed E-state index contributed by atoms with van der Waals surface area (Å²) in [4.78, 5) is 18.8. The lowest BCUT2D eigenvalue weighted by Gasteiger charge is -2.14. The van der Waals surface area contributed by atoms with Crippen LogP contribution >= 0.6 is 0 Å². The van der Waals surface area contributed by atoms with Crippen LogP contribution in [0.4, 0.5) is 8.78 Å². The Labute approximate surface area is 177 Å². The Hall–Kier alpha value is -3.52. The van der Waals surface area contributed by atoms with Gasteiger partial charge in [-0.15, -0.1) is 0 Å². The summed E-state index contributed by atoms with van der Waals surface area (Å²) in [6, 6.07) is 15.8. The molecule has 0 aliphatic rings. The van der Waals surface area contributed by atoms with Crippen molar-refractivity contribution >= 4 is 11.0 Å². The van der Waals surface area contributed by atoms with Crippen LogP contribution in [0.3, 0.4) is 0 Å². The number of para-hydroxylation sites is 1. The number of H-pyrrole nitrogens is 1. The SMILES string of the molecule is COCCc1nc2ccc(-c3ccc(=O)[nH]c3)cc2n1Cc1ccccc1OC(F)F. The number of aromatic nitrogens is 3. The standard InChI is InChI=1S/C23H21F2N3O3/c1-30-11-10-21-27-18-8-6-15(16-7-9-22(29)26-13-16)12-19(18)28(21)14-17-4-2-3-5-20(17)31-23(24)25/h2-9,12-13,23H,10-11,14H2,1H3,(H,26,29). The van der Waals surface area contributed by atoms with Gasteiger partial charge >= 0.3 is 6.61 Å². The van der Waals surface area contributed by atoms with Gasteiger partial charge in [-0.25, -0.2) is 4.98 Å². The largest absolute Gasteiger partial charge is 0.434 e. The number of hydrogen-bond donors (Lipinski definition) is 1. The first-order chi connectivity index (χ1) is 15.0. The molecule has 2 aromatic carbocycles. The Morgan fingerprint density at radius 1 is 1.10 bits per heavy atom. The number of methoxy groups -OCH3 is 1. The van der Waals surface area contributed by atoms with E-state index in [2.05, 4.69) is 4.98 Å². The van der Waals surface area contributed by atoms with Crippen molar-refractivity contribution in [2.24, 2.45) is 0 Å². The lowest BCUT2D eigenvalue weighted by molar-refractivity contribution is -0.0504. The number of imidazole rings is 1. The molecule has 160 valence electrons. The Morgan fingerprint density at radius 2 is 1.90 bits per heavy atom. The van der Waals surface area contributed by atoms with E-state index in [1.807, 2.05) is 22.8 Å². The zero-order valence-electron chi connectivity index (χ0n) is 16.8. The van der Waals surface area contributed by atoms with Crippen LogP contribution in [0, 0.1) is 0 Å². The lowest BCUT2D eigenvalue weighted by Crippen LogP contribution is -2.10. The van der Waals surface area contributed by atoms with E-state index in [0.29, 0.717) is 25.1 Å². The first-order valence-corrected chi connectivity index (χ1v) is 9.75. The molecule has 8 heteroatoms. The van der Waals surface area contributed by atoms with Crippen molar-refractivity contribution in [1.29, 1.82) is 0 Å². The fourth-order valence-corrected chi connectivity index (χ4v) is 3.52. The normalized spacial score (nSPS) is 11.4. The van der Waals surface area contributed by atoms with Crippen LogP contribution in [0.1, 0.15) is 11.4 Å². The van der Waals surface area contributed by atoms with Crippen molar-refractivity contribution in [2.45, 2.75) is 19.6 Å². The first-order valence-electron chi connectivity index (χ1n) is 9.75. The van der Waals surface area contributed by atoms with Gasteiger partial charge in [-0.2, -0.15) is 8.78 Å². The Bertz CT molecular complexity index is 1230. The smallest absolute Gasteiger partial charge is 0.387 e. The third-order valence-corrected chi connectivity index (χ3v) is 4.99. The quantitative estimate of drug-likeness (QED) is 0.459. The molecule has 0 radical (unpaired) electrons. The van der Waals surface area contributed by atoms with E-state index >= 15 is 0 Å². The van der Waals surface area contributed by atoms with E-state index in [1.165, 1.54) is 12.1 Å². The first kappa shape index (κ1) is 20.7. The number of hydrogen-bond acceptors (Lipinski definition) is 4. The predicted octanol–water partition coefficient (Wildman–Crippen LogP) is 4.23. The van der Waals surface area contributed by atoms with E-state index in [-0.39, 0.29) is 11.3 Å². The van der Waals surface area contributed by atoms with Gasteiger partial charge in [0.1, 0.15) is 11.6 Å². The van der Waals surface area contributed by atoms with Crippen LogP contribution in [0.15, 0.2) is 65.6 Å². The molecule has 0 unspecified atom stereocenters. The van der Waals surface area contributed by atoms with Crippen LogP contribution in [0.2, 0.25) is 0 Å². The van der Waals surface area contributed by atoms with Crippen molar-refractivity contribution in [1.82, 2.24) is 14.5 Å². The van der Waals surface area contributed by atoms with Crippen molar-refractivity contribution in [3.05, 3.63) is 82.5 Å². The monoisotopic (exact) mass is 425 g/mol. The minimum Gasteiger partial charge on any atom is -0.434 e. The van der Waals surface area contributed by atoms with Gasteiger partial charge in [0.15, 0.2) is 0 Å². The number of rotatable bonds is 8. The third kappa shape index (κ3) is 4.64. The highest BCUT2D eigenvalue weighted by Gasteiger charge is 2.16. The minimum atomic E-state index is -2.90. The van der Waals surface area contributed by atoms with Crippen LogP contribution in [-0.4, -0.2) is 34.9 Å². The van der Waals surface area contributed by atoms with Crippen molar-refractivity contribution < 1.29 is 18.3 Å². The summed E-state index contributed by atoms with van der Waals surface area (Å²) in [5, 5.41) is 0. The maximum atomic E-state index is 12.9. The molecule has 0 aliphatic carbocycles. The van der Waals surface area contributed by atoms with E-state index in [9.17, 15) is 13.6 Å². The number of fused-ring (bicyclic) bond motifs is 1. The topological polar surface area (TPSA) is 69.1 Å². The second kappa shape index (κ2) is 9.09. The summed E-state index contributed by atoms with van der Waals surface area (Å²) in [6.07, 6.45) is 2.22. The summed E-state index contributed by atoms with van der Waals surface area (Å²) in [5.41, 5.74) is 3.84. The van der Waals surface area contributed by atoms with Gasteiger partial charge in [-0.05, 0) is 35.4 Å². The van der Waals surface area contributed by atoms with Crippen LogP contribution in [0.5, 0.6) is 5.75 Å². The number of alkyl halides is 2. The molecule has 2 aromatic heterocycles. The molecule has 4 aromatic rings. The molecule has 0 bridgehead atoms. The summed E-state index contributed by atoms with van der Waals surface area (Å²) >= 11 is 0. The van der Waals surface area contributed by atoms with Crippen molar-refractivity contribution in [3.8, 4) is 16.9 Å². The number of halogens is 2. The van der Waals surface area contributed by atoms with Gasteiger partial charge in [0.2, 0.25) is 5.56 Å². The average Bonchev–Trinajstić information content (AvgIpc) is 3.10. The molecule has 0 amide bonds. The summed E-state index contributed by atoms with van der Waals surface area (Å²) in [7, 11) is 1.62. The molecule has 0 aliphatic heterocycles. The van der Waals surface area contributed by atoms with Gasteiger partial charge in [0, 0.05) is 31.4 Å². The molecule has 1 N–H and O–H groups in total. The number of ether oxygens (including phenoxy) is 2. The number of aromatic amines is 1. The van der Waals surface area contributed by atoms with Gasteiger partial charge in [-0.1, -0.05) is 24.3 Å². The Kier molecular flexibility index (Phi) is 6.08. The maximum absolute atomic E-state index is 12.9. The van der Waals surface area contributed by atoms with Crippen molar-refractivity contribution in [2.75, 3.05) is 13.7 Å². The molecule has 6 nitrogen and oxygen atoms in total. The van der Waals surface area contributed by atoms with Crippen LogP contribution in [0.25, 0.3) is 22.2 Å². The van der Waals surface area contributed by atoms with Crippen molar-refractivity contribution in [3.63, 3.8) is 0 Å². The highest BCUT2D eigenvalue weighted by Crippen LogP contribution is 2.28. The Morgan fingerprint density at radius 3 is 2.65 bits per heavy atom. The summed E-state index contributed by atoms with van der Waals surface area (Å²) in [6.45, 7) is -2.11. The van der Waals surface area contributed by atoms with Crippen LogP contribution < -0.4 is 10.3 Å². The molecule has 2 heterocycles. The number of nitrogens with one attached hydrogen (secondary N) is 1. The fourth-order valence-electron chi connectivity index (χ4n) is 3.52. The predicted molar refractivity (Wildman–Crippen MR) is 114 cm³/mol. The van der Waals surface area contributed by atoms with E-state index < -0.39 is 6.61 Å². The summed E-state index contributed by atoms with van der Waals surface area (Å²) in [5.74, 6) is 0.913. The van der Waals surface area contributed by atoms with E-state index in [1.54, 1.807) is 37.6 Å². The van der Waals surface area contributed by atoms with Crippen LogP contribution in [-0.2, 0) is 17.7 Å². The number of pyridine rings is 1. The van der Waals surface area contributed by atoms with Gasteiger partial charge in [0.05, 0.1) is 24.2 Å². The molecule has 0 atom stereocenters. The summed E-state index contributed by atoms with van der Waals surface area (Å²) < 4.78 is 37.6. The number of benzene rings is 2. The zero-order valence-corrected chi connectivity index (χ0v) is 16.8. The lowest BCUT2D eigenvalue weighted by atomic mass is 10.1. The molecule has 0 fully saturated rings. The molecular weight excluding hydrogens is 404 g/mol. The maximum Gasteiger partial charge on any atom is 0.387 e. The fraction of sp³-hybridized carbons (Fsp3) is 0.217. The van der Waals surface area contributed by atoms with Gasteiger partial charge < -0.3 is 19.0 Å². The average molecular weight is 425 g/mol. The Balaban J connectivity index is 1.80. The second-order valence-electron chi connectivity index (χ2n) is 6.99. The van der Waals surface area contributed by atoms with E-state index in [4.69, 9.17) is 14.5 Å².